The van der Waals surface area contributed by atoms with Crippen molar-refractivity contribution in [1.82, 2.24) is 0 Å². The number of rotatable bonds is 25. The highest BCUT2D eigenvalue weighted by molar-refractivity contribution is 5.84. The highest BCUT2D eigenvalue weighted by Crippen LogP contribution is 2.30. The number of benzene rings is 2. The Bertz CT molecular complexity index is 1460. The molecule has 20 heteroatoms. The lowest BCUT2D eigenvalue weighted by Crippen LogP contribution is -2.37. The van der Waals surface area contributed by atoms with Gasteiger partial charge in [-0.2, -0.15) is 0 Å². The van der Waals surface area contributed by atoms with Crippen molar-refractivity contribution < 1.29 is 85.7 Å². The average molecular weight is 793 g/mol. The van der Waals surface area contributed by atoms with Gasteiger partial charge in [-0.3, -0.25) is 38.4 Å². The van der Waals surface area contributed by atoms with Crippen molar-refractivity contribution in [2.75, 3.05) is 76.4 Å². The van der Waals surface area contributed by atoms with Crippen molar-refractivity contribution in [2.45, 2.75) is 40.5 Å². The van der Waals surface area contributed by atoms with Crippen LogP contribution >= 0.6 is 0 Å². The van der Waals surface area contributed by atoms with Crippen molar-refractivity contribution in [3.8, 4) is 11.5 Å². The zero-order valence-corrected chi connectivity index (χ0v) is 31.3. The molecule has 2 aromatic carbocycles. The van der Waals surface area contributed by atoms with Crippen LogP contribution in [-0.4, -0.2) is 114 Å². The van der Waals surface area contributed by atoms with Gasteiger partial charge in [0, 0.05) is 27.7 Å². The molecule has 0 heterocycles. The second kappa shape index (κ2) is 25.4. The second-order valence-corrected chi connectivity index (χ2v) is 11.1. The summed E-state index contributed by atoms with van der Waals surface area (Å²) in [5.41, 5.74) is 0.647. The monoisotopic (exact) mass is 792 g/mol. The Kier molecular flexibility index (Phi) is 20.7. The largest absolute Gasteiger partial charge is 0.491 e. The van der Waals surface area contributed by atoms with Crippen LogP contribution in [0.4, 0.5) is 11.4 Å². The first kappa shape index (κ1) is 45.6. The minimum absolute atomic E-state index is 0.165. The van der Waals surface area contributed by atoms with Crippen LogP contribution in [0.2, 0.25) is 0 Å². The Morgan fingerprint density at radius 2 is 0.679 bits per heavy atom. The zero-order valence-electron chi connectivity index (χ0n) is 31.3. The normalized spacial score (nSPS) is 10.1. The Morgan fingerprint density at radius 3 is 0.946 bits per heavy atom. The molecule has 20 nitrogen and oxygen atoms in total. The van der Waals surface area contributed by atoms with E-state index < -0.39 is 101 Å². The highest BCUT2D eigenvalue weighted by atomic mass is 16.7. The van der Waals surface area contributed by atoms with E-state index in [1.54, 1.807) is 48.5 Å². The topological polar surface area (TPSA) is 235 Å². The predicted molar refractivity (Wildman–Crippen MR) is 188 cm³/mol. The standard InChI is InChI=1S/C36H44N2O18/c1-25(39)49-21-53-33(43)17-37(18-34(44)54-22-50-26(2)40)29-11-5-7-13-31(29)47-15-9-10-16-48-32-14-8-6-12-30(32)38(19-35(45)55-23-51-27(3)41)20-36(46)56-24-52-28(4)42/h5-8,11-14H,9-10,15-24H2,1-4H3. The average Bonchev–Trinajstić information content (AvgIpc) is 3.12. The van der Waals surface area contributed by atoms with Crippen molar-refractivity contribution >= 4 is 59.1 Å². The fraction of sp³-hybridized carbons (Fsp3) is 0.444. The second-order valence-electron chi connectivity index (χ2n) is 11.1. The molecule has 0 aliphatic rings. The Labute approximate surface area is 321 Å². The fourth-order valence-electron chi connectivity index (χ4n) is 4.22. The van der Waals surface area contributed by atoms with E-state index in [2.05, 4.69) is 18.9 Å². The van der Waals surface area contributed by atoms with Gasteiger partial charge in [-0.05, 0) is 37.1 Å². The van der Waals surface area contributed by atoms with Gasteiger partial charge in [-0.1, -0.05) is 24.3 Å². The van der Waals surface area contributed by atoms with Crippen LogP contribution in [0.1, 0.15) is 40.5 Å². The SMILES string of the molecule is CC(=O)OCOC(=O)CN(CC(=O)OCOC(C)=O)c1ccccc1OCCCCOc1ccccc1N(CC(=O)OCOC(C)=O)CC(=O)OCOC(C)=O. The number of nitrogens with zero attached hydrogens (tertiary/aromatic N) is 2. The van der Waals surface area contributed by atoms with E-state index in [1.807, 2.05) is 0 Å². The van der Waals surface area contributed by atoms with Crippen LogP contribution in [0.3, 0.4) is 0 Å². The van der Waals surface area contributed by atoms with E-state index in [1.165, 1.54) is 9.80 Å². The van der Waals surface area contributed by atoms with Crippen molar-refractivity contribution in [1.29, 1.82) is 0 Å². The molecule has 0 N–H and O–H groups in total. The molecule has 0 bridgehead atoms. The van der Waals surface area contributed by atoms with Crippen LogP contribution in [-0.2, 0) is 76.3 Å². The molecule has 0 saturated carbocycles. The zero-order chi connectivity index (χ0) is 41.3. The third-order valence-corrected chi connectivity index (χ3v) is 6.67. The van der Waals surface area contributed by atoms with E-state index in [0.29, 0.717) is 35.7 Å². The summed E-state index contributed by atoms with van der Waals surface area (Å²) in [5.74, 6) is -5.36. The highest BCUT2D eigenvalue weighted by Gasteiger charge is 2.23. The smallest absolute Gasteiger partial charge is 0.328 e. The first-order chi connectivity index (χ1) is 26.7. The lowest BCUT2D eigenvalue weighted by atomic mass is 10.2. The molecule has 0 amide bonds. The van der Waals surface area contributed by atoms with Crippen molar-refractivity contribution in [3.05, 3.63) is 48.5 Å². The summed E-state index contributed by atoms with van der Waals surface area (Å²) in [6.45, 7) is 0.504. The number of ether oxygens (including phenoxy) is 10. The molecule has 0 aliphatic carbocycles. The molecule has 0 aliphatic heterocycles. The molecule has 0 unspecified atom stereocenters. The first-order valence-corrected chi connectivity index (χ1v) is 16.8. The van der Waals surface area contributed by atoms with Crippen molar-refractivity contribution in [3.63, 3.8) is 0 Å². The number of hydrogen-bond acceptors (Lipinski definition) is 20. The number of para-hydroxylation sites is 4. The van der Waals surface area contributed by atoms with E-state index in [-0.39, 0.29) is 13.2 Å². The first-order valence-electron chi connectivity index (χ1n) is 16.8. The van der Waals surface area contributed by atoms with Gasteiger partial charge in [0.2, 0.25) is 27.2 Å². The molecule has 2 aromatic rings. The van der Waals surface area contributed by atoms with Gasteiger partial charge >= 0.3 is 47.8 Å². The lowest BCUT2D eigenvalue weighted by molar-refractivity contribution is -0.167. The number of anilines is 2. The molecule has 56 heavy (non-hydrogen) atoms. The van der Waals surface area contributed by atoms with Crippen LogP contribution in [0, 0.1) is 0 Å². The molecule has 0 atom stereocenters. The molecule has 2 rings (SSSR count). The molecule has 0 radical (unpaired) electrons. The quantitative estimate of drug-likeness (QED) is 0.0603. The maximum atomic E-state index is 12.5. The van der Waals surface area contributed by atoms with Crippen LogP contribution in [0.15, 0.2) is 48.5 Å². The van der Waals surface area contributed by atoms with E-state index in [9.17, 15) is 38.4 Å². The number of unbranched alkanes of at least 4 members (excludes halogenated alkanes) is 1. The third kappa shape index (κ3) is 19.5. The van der Waals surface area contributed by atoms with Crippen molar-refractivity contribution in [2.24, 2.45) is 0 Å². The molecular formula is C36H44N2O18. The lowest BCUT2D eigenvalue weighted by Gasteiger charge is -2.25. The predicted octanol–water partition coefficient (Wildman–Crippen LogP) is 1.79. The van der Waals surface area contributed by atoms with E-state index in [0.717, 1.165) is 27.7 Å². The molecular weight excluding hydrogens is 748 g/mol. The van der Waals surface area contributed by atoms with Gasteiger partial charge in [-0.25, -0.2) is 0 Å². The summed E-state index contributed by atoms with van der Waals surface area (Å²) >= 11 is 0. The molecule has 0 aromatic heterocycles. The van der Waals surface area contributed by atoms with Gasteiger partial charge in [0.25, 0.3) is 0 Å². The Balaban J connectivity index is 2.07. The summed E-state index contributed by atoms with van der Waals surface area (Å²) in [6.07, 6.45) is 0.917. The molecule has 0 fully saturated rings. The fourth-order valence-corrected chi connectivity index (χ4v) is 4.22. The van der Waals surface area contributed by atoms with Gasteiger partial charge in [0.05, 0.1) is 24.6 Å². The minimum Gasteiger partial charge on any atom is -0.491 e. The number of carbonyl (C=O) groups is 8. The number of esters is 8. The van der Waals surface area contributed by atoms with Gasteiger partial charge < -0.3 is 57.2 Å². The van der Waals surface area contributed by atoms with E-state index >= 15 is 0 Å². The number of hydrogen-bond donors (Lipinski definition) is 0. The maximum absolute atomic E-state index is 12.5. The molecule has 0 spiro atoms. The van der Waals surface area contributed by atoms with Crippen LogP contribution in [0.25, 0.3) is 0 Å². The Hall–Kier alpha value is -6.60. The molecule has 0 saturated heterocycles. The summed E-state index contributed by atoms with van der Waals surface area (Å²) in [7, 11) is 0. The third-order valence-electron chi connectivity index (χ3n) is 6.67. The van der Waals surface area contributed by atoms with Crippen LogP contribution < -0.4 is 19.3 Å². The maximum Gasteiger partial charge on any atom is 0.328 e. The number of carbonyl (C=O) groups excluding carboxylic acids is 8. The summed E-state index contributed by atoms with van der Waals surface area (Å²) in [5, 5.41) is 0. The summed E-state index contributed by atoms with van der Waals surface area (Å²) < 4.78 is 50.2. The minimum atomic E-state index is -0.831. The van der Waals surface area contributed by atoms with Gasteiger partial charge in [0.1, 0.15) is 37.7 Å². The van der Waals surface area contributed by atoms with E-state index in [4.69, 9.17) is 28.4 Å². The van der Waals surface area contributed by atoms with Gasteiger partial charge in [-0.15, -0.1) is 0 Å². The summed E-state index contributed by atoms with van der Waals surface area (Å²) in [4.78, 5) is 97.0. The van der Waals surface area contributed by atoms with Crippen LogP contribution in [0.5, 0.6) is 11.5 Å². The van der Waals surface area contributed by atoms with Gasteiger partial charge in [0.15, 0.2) is 0 Å². The molecule has 306 valence electrons. The Morgan fingerprint density at radius 1 is 0.411 bits per heavy atom. The summed E-state index contributed by atoms with van der Waals surface area (Å²) in [6, 6.07) is 13.1.